The van der Waals surface area contributed by atoms with Gasteiger partial charge >= 0.3 is 5.97 Å². The Morgan fingerprint density at radius 2 is 1.93 bits per heavy atom. The number of hydrogen-bond acceptors (Lipinski definition) is 2. The first-order valence-corrected chi connectivity index (χ1v) is 5.55. The van der Waals surface area contributed by atoms with Crippen LogP contribution in [-0.4, -0.2) is 35.6 Å². The number of aliphatic carboxylic acids is 1. The van der Waals surface area contributed by atoms with Gasteiger partial charge in [-0.2, -0.15) is 0 Å². The molecule has 14 heavy (non-hydrogen) atoms. The van der Waals surface area contributed by atoms with E-state index in [4.69, 9.17) is 5.11 Å². The second kappa shape index (κ2) is 5.35. The zero-order chi connectivity index (χ0) is 10.6. The molecule has 0 bridgehead atoms. The third-order valence-corrected chi connectivity index (χ3v) is 3.40. The van der Waals surface area contributed by atoms with E-state index in [-0.39, 0.29) is 6.54 Å². The van der Waals surface area contributed by atoms with Crippen LogP contribution in [0.3, 0.4) is 0 Å². The normalized spacial score (nSPS) is 27.9. The van der Waals surface area contributed by atoms with Gasteiger partial charge in [-0.3, -0.25) is 9.69 Å². The maximum Gasteiger partial charge on any atom is 0.317 e. The number of carbonyl (C=O) groups is 1. The molecular formula is C11H21NO2. The van der Waals surface area contributed by atoms with E-state index in [0.717, 1.165) is 5.92 Å². The van der Waals surface area contributed by atoms with E-state index < -0.39 is 5.97 Å². The van der Waals surface area contributed by atoms with Gasteiger partial charge in [0.2, 0.25) is 0 Å². The largest absolute Gasteiger partial charge is 0.480 e. The quantitative estimate of drug-likeness (QED) is 0.752. The van der Waals surface area contributed by atoms with E-state index in [9.17, 15) is 4.79 Å². The minimum Gasteiger partial charge on any atom is -0.480 e. The molecule has 1 fully saturated rings. The molecule has 1 rings (SSSR count). The van der Waals surface area contributed by atoms with Crippen LogP contribution in [-0.2, 0) is 4.79 Å². The second-order valence-corrected chi connectivity index (χ2v) is 4.39. The summed E-state index contributed by atoms with van der Waals surface area (Å²) >= 11 is 0. The average molecular weight is 199 g/mol. The maximum atomic E-state index is 10.5. The highest BCUT2D eigenvalue weighted by Crippen LogP contribution is 2.28. The van der Waals surface area contributed by atoms with E-state index in [0.29, 0.717) is 6.04 Å². The van der Waals surface area contributed by atoms with Gasteiger partial charge in [0.25, 0.3) is 0 Å². The molecule has 1 aliphatic rings. The summed E-state index contributed by atoms with van der Waals surface area (Å²) < 4.78 is 0. The lowest BCUT2D eigenvalue weighted by atomic mass is 9.84. The van der Waals surface area contributed by atoms with Crippen molar-refractivity contribution in [3.63, 3.8) is 0 Å². The number of rotatable bonds is 4. The van der Waals surface area contributed by atoms with Crippen LogP contribution < -0.4 is 0 Å². The summed E-state index contributed by atoms with van der Waals surface area (Å²) in [7, 11) is 1.92. The fourth-order valence-electron chi connectivity index (χ4n) is 2.34. The fourth-order valence-corrected chi connectivity index (χ4v) is 2.34. The highest BCUT2D eigenvalue weighted by atomic mass is 16.4. The van der Waals surface area contributed by atoms with Crippen molar-refractivity contribution in [3.05, 3.63) is 0 Å². The molecule has 1 N–H and O–H groups in total. The third kappa shape index (κ3) is 3.29. The van der Waals surface area contributed by atoms with Gasteiger partial charge in [0.15, 0.2) is 0 Å². The Balaban J connectivity index is 2.30. The number of hydrogen-bond donors (Lipinski definition) is 1. The summed E-state index contributed by atoms with van der Waals surface area (Å²) in [5.74, 6) is 0.162. The Hall–Kier alpha value is -0.570. The summed E-state index contributed by atoms with van der Waals surface area (Å²) in [5, 5.41) is 8.67. The van der Waals surface area contributed by atoms with Crippen LogP contribution >= 0.6 is 0 Å². The predicted octanol–water partition coefficient (Wildman–Crippen LogP) is 1.97. The minimum absolute atomic E-state index is 0.182. The monoisotopic (exact) mass is 199 g/mol. The Morgan fingerprint density at radius 1 is 1.36 bits per heavy atom. The average Bonchev–Trinajstić information content (AvgIpc) is 2.17. The van der Waals surface area contributed by atoms with Crippen LogP contribution in [0.2, 0.25) is 0 Å². The van der Waals surface area contributed by atoms with Gasteiger partial charge in [-0.1, -0.05) is 13.3 Å². The van der Waals surface area contributed by atoms with Crippen molar-refractivity contribution in [2.24, 2.45) is 5.92 Å². The first-order valence-electron chi connectivity index (χ1n) is 5.55. The predicted molar refractivity (Wildman–Crippen MR) is 56.3 cm³/mol. The van der Waals surface area contributed by atoms with E-state index in [1.807, 2.05) is 11.9 Å². The van der Waals surface area contributed by atoms with E-state index >= 15 is 0 Å². The molecule has 3 heteroatoms. The Bertz CT molecular complexity index is 186. The third-order valence-electron chi connectivity index (χ3n) is 3.40. The number of carboxylic acid groups (broad SMARTS) is 1. The molecule has 1 saturated carbocycles. The van der Waals surface area contributed by atoms with Crippen molar-refractivity contribution in [1.82, 2.24) is 4.90 Å². The summed E-state index contributed by atoms with van der Waals surface area (Å²) in [6.45, 7) is 2.42. The zero-order valence-electron chi connectivity index (χ0n) is 9.20. The van der Waals surface area contributed by atoms with E-state index in [2.05, 4.69) is 6.92 Å². The molecule has 0 aromatic heterocycles. The van der Waals surface area contributed by atoms with Gasteiger partial charge in [0, 0.05) is 6.04 Å². The van der Waals surface area contributed by atoms with Crippen molar-refractivity contribution < 1.29 is 9.90 Å². The molecule has 0 heterocycles. The maximum absolute atomic E-state index is 10.5. The van der Waals surface area contributed by atoms with Gasteiger partial charge in [0.1, 0.15) is 0 Å². The van der Waals surface area contributed by atoms with Crippen LogP contribution in [0.5, 0.6) is 0 Å². The lowest BCUT2D eigenvalue weighted by Gasteiger charge is -2.33. The molecule has 0 saturated heterocycles. The lowest BCUT2D eigenvalue weighted by Crippen LogP contribution is -2.38. The van der Waals surface area contributed by atoms with Crippen LogP contribution in [0, 0.1) is 5.92 Å². The van der Waals surface area contributed by atoms with Crippen LogP contribution in [0.15, 0.2) is 0 Å². The number of likely N-dealkylation sites (N-methyl/N-ethyl adjacent to an activating group) is 1. The highest BCUT2D eigenvalue weighted by Gasteiger charge is 2.23. The topological polar surface area (TPSA) is 40.5 Å². The van der Waals surface area contributed by atoms with Gasteiger partial charge in [-0.25, -0.2) is 0 Å². The molecule has 0 aromatic carbocycles. The summed E-state index contributed by atoms with van der Waals surface area (Å²) in [6.07, 6.45) is 6.15. The molecule has 0 aromatic rings. The first-order chi connectivity index (χ1) is 6.63. The smallest absolute Gasteiger partial charge is 0.317 e. The van der Waals surface area contributed by atoms with Crippen molar-refractivity contribution in [2.45, 2.75) is 45.1 Å². The van der Waals surface area contributed by atoms with Gasteiger partial charge in [0.05, 0.1) is 6.54 Å². The highest BCUT2D eigenvalue weighted by molar-refractivity contribution is 5.69. The van der Waals surface area contributed by atoms with Gasteiger partial charge in [-0.05, 0) is 38.6 Å². The molecule has 0 spiro atoms. The molecule has 0 atom stereocenters. The Morgan fingerprint density at radius 3 is 2.36 bits per heavy atom. The van der Waals surface area contributed by atoms with Gasteiger partial charge in [-0.15, -0.1) is 0 Å². The Kier molecular flexibility index (Phi) is 4.39. The number of nitrogens with zero attached hydrogens (tertiary/aromatic N) is 1. The van der Waals surface area contributed by atoms with Gasteiger partial charge < -0.3 is 5.11 Å². The van der Waals surface area contributed by atoms with E-state index in [1.165, 1.54) is 32.1 Å². The molecule has 0 unspecified atom stereocenters. The second-order valence-electron chi connectivity index (χ2n) is 4.39. The molecule has 1 aliphatic carbocycles. The SMILES string of the molecule is CCC1CCC(N(C)CC(=O)O)CC1. The van der Waals surface area contributed by atoms with E-state index in [1.54, 1.807) is 0 Å². The van der Waals surface area contributed by atoms with Crippen LogP contribution in [0.25, 0.3) is 0 Å². The fraction of sp³-hybridized carbons (Fsp3) is 0.909. The van der Waals surface area contributed by atoms with Crippen LogP contribution in [0.1, 0.15) is 39.0 Å². The first kappa shape index (κ1) is 11.5. The Labute approximate surface area is 86.1 Å². The summed E-state index contributed by atoms with van der Waals surface area (Å²) in [4.78, 5) is 12.5. The van der Waals surface area contributed by atoms with Crippen LogP contribution in [0.4, 0.5) is 0 Å². The minimum atomic E-state index is -0.717. The van der Waals surface area contributed by atoms with Crippen molar-refractivity contribution in [2.75, 3.05) is 13.6 Å². The zero-order valence-corrected chi connectivity index (χ0v) is 9.20. The van der Waals surface area contributed by atoms with Crippen molar-refractivity contribution in [3.8, 4) is 0 Å². The molecule has 0 amide bonds. The molecular weight excluding hydrogens is 178 g/mol. The van der Waals surface area contributed by atoms with Crippen molar-refractivity contribution >= 4 is 5.97 Å². The summed E-state index contributed by atoms with van der Waals surface area (Å²) in [5.41, 5.74) is 0. The molecule has 0 aliphatic heterocycles. The molecule has 82 valence electrons. The standard InChI is InChI=1S/C11H21NO2/c1-3-9-4-6-10(7-5-9)12(2)8-11(13)14/h9-10H,3-8H2,1-2H3,(H,13,14). The lowest BCUT2D eigenvalue weighted by molar-refractivity contribution is -0.138. The van der Waals surface area contributed by atoms with Crippen molar-refractivity contribution in [1.29, 1.82) is 0 Å². The summed E-state index contributed by atoms with van der Waals surface area (Å²) in [6, 6.07) is 0.494. The molecule has 3 nitrogen and oxygen atoms in total. The molecule has 0 radical (unpaired) electrons. The number of carboxylic acids is 1.